The zero-order valence-electron chi connectivity index (χ0n) is 8.41. The average molecular weight is 253 g/mol. The Balaban J connectivity index is 2.65. The van der Waals surface area contributed by atoms with Crippen molar-refractivity contribution in [2.24, 2.45) is 5.90 Å². The van der Waals surface area contributed by atoms with E-state index < -0.39 is 26.6 Å². The smallest absolute Gasteiger partial charge is 0.289 e. The van der Waals surface area contributed by atoms with E-state index in [1.807, 2.05) is 0 Å². The summed E-state index contributed by atoms with van der Waals surface area (Å²) in [4.78, 5) is 22.7. The van der Waals surface area contributed by atoms with Crippen molar-refractivity contribution in [2.75, 3.05) is 0 Å². The van der Waals surface area contributed by atoms with Gasteiger partial charge in [-0.15, -0.1) is 0 Å². The number of ketones is 2. The van der Waals surface area contributed by atoms with Gasteiger partial charge in [0.05, 0.1) is 0 Å². The summed E-state index contributed by atoms with van der Waals surface area (Å²) in [6, 6.07) is 5.92. The molecule has 0 bridgehead atoms. The number of Topliss-reactive ketones (excluding diaryl/α,β-unsaturated/α-hetero) is 1. The summed E-state index contributed by atoms with van der Waals surface area (Å²) in [6.07, 6.45) is 0.715. The van der Waals surface area contributed by atoms with Crippen LogP contribution in [0.1, 0.15) is 20.7 Å². The van der Waals surface area contributed by atoms with E-state index in [1.54, 1.807) is 6.07 Å². The second-order valence-corrected chi connectivity index (χ2v) is 4.84. The zero-order chi connectivity index (χ0) is 12.6. The number of carbonyl (C=O) groups is 2. The van der Waals surface area contributed by atoms with Crippen LogP contribution < -0.4 is 5.90 Å². The second-order valence-electron chi connectivity index (χ2n) is 3.30. The molecule has 7 heteroatoms. The molecule has 6 nitrogen and oxygen atoms in total. The molecule has 0 amide bonds. The first-order chi connectivity index (χ1) is 7.97. The molecule has 2 rings (SSSR count). The minimum atomic E-state index is -4.38. The summed E-state index contributed by atoms with van der Waals surface area (Å²) < 4.78 is 26.4. The van der Waals surface area contributed by atoms with Gasteiger partial charge in [0.25, 0.3) is 0 Å². The molecule has 2 N–H and O–H groups in total. The van der Waals surface area contributed by atoms with Crippen LogP contribution in [0.5, 0.6) is 0 Å². The zero-order valence-corrected chi connectivity index (χ0v) is 9.23. The van der Waals surface area contributed by atoms with Crippen LogP contribution in [-0.2, 0) is 14.4 Å². The van der Waals surface area contributed by atoms with E-state index in [9.17, 15) is 18.0 Å². The molecule has 88 valence electrons. The van der Waals surface area contributed by atoms with Crippen LogP contribution in [0.2, 0.25) is 0 Å². The largest absolute Gasteiger partial charge is 0.316 e. The van der Waals surface area contributed by atoms with E-state index >= 15 is 0 Å². The normalized spacial score (nSPS) is 15.5. The van der Waals surface area contributed by atoms with Gasteiger partial charge in [-0.3, -0.25) is 9.59 Å². The summed E-state index contributed by atoms with van der Waals surface area (Å²) in [7, 11) is -4.38. The molecule has 1 aliphatic carbocycles. The number of allylic oxidation sites excluding steroid dienone is 2. The van der Waals surface area contributed by atoms with Gasteiger partial charge in [-0.05, 0) is 0 Å². The third-order valence-electron chi connectivity index (χ3n) is 2.32. The van der Waals surface area contributed by atoms with Gasteiger partial charge in [-0.25, -0.2) is 0 Å². The summed E-state index contributed by atoms with van der Waals surface area (Å²) in [5, 5.41) is 0. The molecule has 0 fully saturated rings. The number of hydrogen-bond acceptors (Lipinski definition) is 6. The number of carbonyl (C=O) groups excluding carboxylic acids is 2. The maximum absolute atomic E-state index is 11.8. The van der Waals surface area contributed by atoms with Gasteiger partial charge < -0.3 is 0 Å². The molecule has 0 aliphatic heterocycles. The minimum absolute atomic E-state index is 0.0237. The molecular formula is C10H7NO5S. The third kappa shape index (κ3) is 1.80. The Morgan fingerprint density at radius 1 is 1.06 bits per heavy atom. The maximum Gasteiger partial charge on any atom is 0.316 e. The molecule has 0 heterocycles. The van der Waals surface area contributed by atoms with Gasteiger partial charge in [0, 0.05) is 17.2 Å². The van der Waals surface area contributed by atoms with Crippen molar-refractivity contribution in [1.29, 1.82) is 0 Å². The van der Waals surface area contributed by atoms with Gasteiger partial charge >= 0.3 is 10.1 Å². The number of rotatable bonds is 2. The highest BCUT2D eigenvalue weighted by atomic mass is 32.2. The van der Waals surface area contributed by atoms with Crippen molar-refractivity contribution < 1.29 is 22.3 Å². The Labute approximate surface area is 96.8 Å². The van der Waals surface area contributed by atoms with Crippen molar-refractivity contribution in [3.05, 3.63) is 46.4 Å². The van der Waals surface area contributed by atoms with Crippen LogP contribution in [0.25, 0.3) is 0 Å². The predicted octanol–water partition coefficient (Wildman–Crippen LogP) is 0.170. The van der Waals surface area contributed by atoms with Gasteiger partial charge in [-0.1, -0.05) is 24.3 Å². The lowest BCUT2D eigenvalue weighted by Gasteiger charge is -2.13. The Kier molecular flexibility index (Phi) is 2.66. The molecule has 0 spiro atoms. The first-order valence-corrected chi connectivity index (χ1v) is 5.91. The molecule has 1 aromatic carbocycles. The van der Waals surface area contributed by atoms with Crippen LogP contribution in [0, 0.1) is 0 Å². The van der Waals surface area contributed by atoms with E-state index in [2.05, 4.69) is 10.2 Å². The molecule has 1 aromatic rings. The highest BCUT2D eigenvalue weighted by molar-refractivity contribution is 7.91. The molecule has 0 radical (unpaired) electrons. The molecule has 0 unspecified atom stereocenters. The monoisotopic (exact) mass is 253 g/mol. The van der Waals surface area contributed by atoms with Crippen molar-refractivity contribution >= 4 is 21.7 Å². The molecule has 0 saturated carbocycles. The standard InChI is InChI=1S/C10H7NO5S/c11-16-17(14,15)9-5-8(12)6-3-1-2-4-7(6)10(9)13/h1-5H,11H2. The fourth-order valence-electron chi connectivity index (χ4n) is 1.53. The maximum atomic E-state index is 11.8. The van der Waals surface area contributed by atoms with Crippen molar-refractivity contribution in [2.45, 2.75) is 0 Å². The van der Waals surface area contributed by atoms with Gasteiger partial charge in [-0.2, -0.15) is 18.6 Å². The lowest BCUT2D eigenvalue weighted by molar-refractivity contribution is 0.0988. The lowest BCUT2D eigenvalue weighted by Crippen LogP contribution is -2.25. The molecule has 0 aromatic heterocycles. The van der Waals surface area contributed by atoms with Crippen LogP contribution in [0.15, 0.2) is 35.2 Å². The highest BCUT2D eigenvalue weighted by Gasteiger charge is 2.33. The Hall–Kier alpha value is -1.83. The minimum Gasteiger partial charge on any atom is -0.289 e. The van der Waals surface area contributed by atoms with Crippen LogP contribution in [0.4, 0.5) is 0 Å². The number of benzene rings is 1. The molecule has 17 heavy (non-hydrogen) atoms. The van der Waals surface area contributed by atoms with E-state index in [-0.39, 0.29) is 11.1 Å². The second kappa shape index (κ2) is 3.88. The summed E-state index contributed by atoms with van der Waals surface area (Å²) in [5.74, 6) is 3.20. The van der Waals surface area contributed by atoms with Crippen LogP contribution in [0.3, 0.4) is 0 Å². The van der Waals surface area contributed by atoms with E-state index in [4.69, 9.17) is 0 Å². The number of hydrogen-bond donors (Lipinski definition) is 1. The van der Waals surface area contributed by atoms with Gasteiger partial charge in [0.1, 0.15) is 4.91 Å². The fourth-order valence-corrected chi connectivity index (χ4v) is 2.22. The van der Waals surface area contributed by atoms with Gasteiger partial charge in [0.2, 0.25) is 5.78 Å². The molecular weight excluding hydrogens is 246 g/mol. The van der Waals surface area contributed by atoms with Crippen LogP contribution >= 0.6 is 0 Å². The van der Waals surface area contributed by atoms with Crippen molar-refractivity contribution in [1.82, 2.24) is 0 Å². The van der Waals surface area contributed by atoms with Crippen molar-refractivity contribution in [3.63, 3.8) is 0 Å². The fraction of sp³-hybridized carbons (Fsp3) is 0. The number of fused-ring (bicyclic) bond motifs is 1. The average Bonchev–Trinajstić information content (AvgIpc) is 2.33. The summed E-state index contributed by atoms with van der Waals surface area (Å²) in [5.41, 5.74) is 0.184. The highest BCUT2D eigenvalue weighted by Crippen LogP contribution is 2.24. The SMILES string of the molecule is NOS(=O)(=O)C1=CC(=O)c2ccccc2C1=O. The van der Waals surface area contributed by atoms with E-state index in [0.29, 0.717) is 6.08 Å². The Bertz CT molecular complexity index is 644. The lowest BCUT2D eigenvalue weighted by atomic mass is 9.95. The summed E-state index contributed by atoms with van der Waals surface area (Å²) >= 11 is 0. The van der Waals surface area contributed by atoms with Gasteiger partial charge in [0.15, 0.2) is 5.78 Å². The first-order valence-electron chi connectivity index (χ1n) is 4.50. The predicted molar refractivity (Wildman–Crippen MR) is 57.4 cm³/mol. The van der Waals surface area contributed by atoms with E-state index in [1.165, 1.54) is 18.2 Å². The molecule has 1 aliphatic rings. The van der Waals surface area contributed by atoms with E-state index in [0.717, 1.165) is 0 Å². The van der Waals surface area contributed by atoms with Crippen molar-refractivity contribution in [3.8, 4) is 0 Å². The Morgan fingerprint density at radius 3 is 2.24 bits per heavy atom. The quantitative estimate of drug-likeness (QED) is 0.753. The summed E-state index contributed by atoms with van der Waals surface area (Å²) in [6.45, 7) is 0. The molecule has 0 atom stereocenters. The first kappa shape index (κ1) is 11.6. The molecule has 0 saturated heterocycles. The Morgan fingerprint density at radius 2 is 1.65 bits per heavy atom. The topological polar surface area (TPSA) is 104 Å². The number of nitrogens with two attached hydrogens (primary N) is 1. The third-order valence-corrected chi connectivity index (χ3v) is 3.41. The van der Waals surface area contributed by atoms with Crippen LogP contribution in [-0.4, -0.2) is 20.0 Å².